The first-order valence-electron chi connectivity index (χ1n) is 4.54. The second-order valence-corrected chi connectivity index (χ2v) is 9.91. The summed E-state index contributed by atoms with van der Waals surface area (Å²) in [5.41, 5.74) is 1.35. The Morgan fingerprint density at radius 1 is 1.45 bits per heavy atom. The molecule has 0 N–H and O–H groups in total. The zero-order valence-corrected chi connectivity index (χ0v) is 9.70. The van der Waals surface area contributed by atoms with Crippen molar-refractivity contribution < 1.29 is 0 Å². The third-order valence-corrected chi connectivity index (χ3v) is 6.29. The molecule has 1 unspecified atom stereocenters. The molecule has 0 amide bonds. The Kier molecular flexibility index (Phi) is 4.08. The first kappa shape index (κ1) is 11.0. The molecule has 0 aliphatic rings. The Bertz CT molecular complexity index is 136. The average Bonchev–Trinajstić information content (AvgIpc) is 1.87. The predicted octanol–water partition coefficient (Wildman–Crippen LogP) is 3.93. The number of hydrogen-bond donors (Lipinski definition) is 0. The molecule has 0 bridgehead atoms. The van der Waals surface area contributed by atoms with Gasteiger partial charge in [-0.15, -0.1) is 0 Å². The lowest BCUT2D eigenvalue weighted by atomic mass is 10.1. The lowest BCUT2D eigenvalue weighted by molar-refractivity contribution is 0.753. The van der Waals surface area contributed by atoms with Gasteiger partial charge in [-0.3, -0.25) is 0 Å². The van der Waals surface area contributed by atoms with Gasteiger partial charge in [0.15, 0.2) is 0 Å². The van der Waals surface area contributed by atoms with Crippen LogP contribution in [0.25, 0.3) is 0 Å². The largest absolute Gasteiger partial charge is 0.0999 e. The molecule has 11 heavy (non-hydrogen) atoms. The summed E-state index contributed by atoms with van der Waals surface area (Å²) in [6.45, 7) is 15.7. The highest BCUT2D eigenvalue weighted by Crippen LogP contribution is 2.24. The van der Waals surface area contributed by atoms with Crippen LogP contribution in [0.15, 0.2) is 12.2 Å². The molecule has 0 fully saturated rings. The molecule has 1 heteroatoms. The normalized spacial score (nSPS) is 14.6. The maximum absolute atomic E-state index is 4.00. The van der Waals surface area contributed by atoms with Gasteiger partial charge in [-0.1, -0.05) is 51.2 Å². The van der Waals surface area contributed by atoms with E-state index in [4.69, 9.17) is 0 Å². The van der Waals surface area contributed by atoms with E-state index in [0.717, 1.165) is 5.92 Å². The maximum Gasteiger partial charge on any atom is 0.0476 e. The van der Waals surface area contributed by atoms with Crippen LogP contribution in [0.1, 0.15) is 20.8 Å². The number of hydrogen-bond acceptors (Lipinski definition) is 0. The van der Waals surface area contributed by atoms with Gasteiger partial charge in [-0.05, 0) is 12.8 Å². The summed E-state index contributed by atoms with van der Waals surface area (Å²) >= 11 is 0. The van der Waals surface area contributed by atoms with Gasteiger partial charge in [0.05, 0.1) is 0 Å². The predicted molar refractivity (Wildman–Crippen MR) is 56.7 cm³/mol. The lowest BCUT2D eigenvalue weighted by Crippen LogP contribution is -2.26. The van der Waals surface area contributed by atoms with Gasteiger partial charge in [0.2, 0.25) is 0 Å². The van der Waals surface area contributed by atoms with Crippen molar-refractivity contribution in [2.24, 2.45) is 5.92 Å². The first-order valence-corrected chi connectivity index (χ1v) is 7.96. The van der Waals surface area contributed by atoms with Crippen LogP contribution in [0.4, 0.5) is 0 Å². The van der Waals surface area contributed by atoms with E-state index in [1.165, 1.54) is 17.7 Å². The Labute approximate surface area is 72.7 Å². The minimum atomic E-state index is -0.864. The van der Waals surface area contributed by atoms with Crippen molar-refractivity contribution in [3.8, 4) is 0 Å². The molecular weight excluding hydrogens is 148 g/mol. The molecule has 0 aliphatic heterocycles. The van der Waals surface area contributed by atoms with Crippen LogP contribution in [-0.2, 0) is 0 Å². The minimum absolute atomic E-state index is 0.733. The summed E-state index contributed by atoms with van der Waals surface area (Å²) in [7, 11) is -0.864. The SMILES string of the molecule is C=C(C)C(C)C[Si](C)(C)CC. The monoisotopic (exact) mass is 170 g/mol. The van der Waals surface area contributed by atoms with Gasteiger partial charge in [0.25, 0.3) is 0 Å². The molecule has 0 rings (SSSR count). The van der Waals surface area contributed by atoms with E-state index in [9.17, 15) is 0 Å². The minimum Gasteiger partial charge on any atom is -0.0999 e. The molecule has 0 saturated heterocycles. The third kappa shape index (κ3) is 4.41. The summed E-state index contributed by atoms with van der Waals surface area (Å²) in [5, 5.41) is 0. The molecule has 0 aromatic rings. The van der Waals surface area contributed by atoms with Crippen molar-refractivity contribution in [1.82, 2.24) is 0 Å². The molecule has 0 spiro atoms. The van der Waals surface area contributed by atoms with Gasteiger partial charge >= 0.3 is 0 Å². The standard InChI is InChI=1S/C10H22Si/c1-7-11(5,6)8-10(4)9(2)3/h10H,2,7-8H2,1,3-6H3. The van der Waals surface area contributed by atoms with Gasteiger partial charge in [0.1, 0.15) is 0 Å². The molecule has 0 saturated carbocycles. The van der Waals surface area contributed by atoms with E-state index in [1.54, 1.807) is 0 Å². The molecule has 66 valence electrons. The smallest absolute Gasteiger partial charge is 0.0476 e. The summed E-state index contributed by atoms with van der Waals surface area (Å²) in [5.74, 6) is 0.733. The van der Waals surface area contributed by atoms with Crippen LogP contribution in [0.5, 0.6) is 0 Å². The zero-order chi connectivity index (χ0) is 9.07. The molecule has 0 aromatic heterocycles. The van der Waals surface area contributed by atoms with Crippen molar-refractivity contribution >= 4 is 8.07 Å². The quantitative estimate of drug-likeness (QED) is 0.443. The Balaban J connectivity index is 3.93. The van der Waals surface area contributed by atoms with Crippen molar-refractivity contribution in [3.63, 3.8) is 0 Å². The van der Waals surface area contributed by atoms with E-state index in [2.05, 4.69) is 40.4 Å². The van der Waals surface area contributed by atoms with Crippen LogP contribution in [-0.4, -0.2) is 8.07 Å². The van der Waals surface area contributed by atoms with Crippen molar-refractivity contribution in [1.29, 1.82) is 0 Å². The fourth-order valence-corrected chi connectivity index (χ4v) is 3.44. The summed E-state index contributed by atoms with van der Waals surface area (Å²) in [4.78, 5) is 0. The summed E-state index contributed by atoms with van der Waals surface area (Å²) in [6, 6.07) is 2.80. The number of rotatable bonds is 4. The van der Waals surface area contributed by atoms with Gasteiger partial charge < -0.3 is 0 Å². The maximum atomic E-state index is 4.00. The molecule has 1 atom stereocenters. The summed E-state index contributed by atoms with van der Waals surface area (Å²) < 4.78 is 0. The average molecular weight is 170 g/mol. The highest BCUT2D eigenvalue weighted by atomic mass is 28.3. The van der Waals surface area contributed by atoms with Crippen molar-refractivity contribution in [2.45, 2.75) is 46.0 Å². The highest BCUT2D eigenvalue weighted by Gasteiger charge is 2.20. The van der Waals surface area contributed by atoms with Crippen LogP contribution in [0.3, 0.4) is 0 Å². The highest BCUT2D eigenvalue weighted by molar-refractivity contribution is 6.77. The van der Waals surface area contributed by atoms with Crippen LogP contribution in [0, 0.1) is 5.92 Å². The molecule has 0 aliphatic carbocycles. The van der Waals surface area contributed by atoms with Gasteiger partial charge in [-0.25, -0.2) is 0 Å². The second kappa shape index (κ2) is 4.10. The first-order chi connectivity index (χ1) is 4.89. The van der Waals surface area contributed by atoms with Crippen LogP contribution in [0.2, 0.25) is 25.2 Å². The second-order valence-electron chi connectivity index (χ2n) is 4.47. The lowest BCUT2D eigenvalue weighted by Gasteiger charge is -2.24. The van der Waals surface area contributed by atoms with Crippen LogP contribution >= 0.6 is 0 Å². The fraction of sp³-hybridized carbons (Fsp3) is 0.800. The molecule has 0 radical (unpaired) electrons. The van der Waals surface area contributed by atoms with E-state index in [0.29, 0.717) is 0 Å². The third-order valence-electron chi connectivity index (χ3n) is 2.66. The molecule has 0 aromatic carbocycles. The Morgan fingerprint density at radius 3 is 2.18 bits per heavy atom. The molecule has 0 heterocycles. The van der Waals surface area contributed by atoms with Gasteiger partial charge in [0, 0.05) is 8.07 Å². The number of allylic oxidation sites excluding steroid dienone is 1. The van der Waals surface area contributed by atoms with E-state index >= 15 is 0 Å². The fourth-order valence-electron chi connectivity index (χ4n) is 1.15. The summed E-state index contributed by atoms with van der Waals surface area (Å²) in [6.07, 6.45) is 0. The van der Waals surface area contributed by atoms with E-state index in [-0.39, 0.29) is 0 Å². The van der Waals surface area contributed by atoms with Crippen molar-refractivity contribution in [3.05, 3.63) is 12.2 Å². The van der Waals surface area contributed by atoms with Gasteiger partial charge in [-0.2, -0.15) is 0 Å². The van der Waals surface area contributed by atoms with E-state index < -0.39 is 8.07 Å². The topological polar surface area (TPSA) is 0 Å². The Hall–Kier alpha value is -0.0431. The molecule has 0 nitrogen and oxygen atoms in total. The Morgan fingerprint density at radius 2 is 1.91 bits per heavy atom. The zero-order valence-electron chi connectivity index (χ0n) is 8.70. The molecular formula is C10H22Si. The van der Waals surface area contributed by atoms with Crippen molar-refractivity contribution in [2.75, 3.05) is 0 Å². The van der Waals surface area contributed by atoms with Crippen LogP contribution < -0.4 is 0 Å². The van der Waals surface area contributed by atoms with E-state index in [1.807, 2.05) is 0 Å².